The molecule has 0 aromatic carbocycles. The molecule has 0 saturated carbocycles. The van der Waals surface area contributed by atoms with Gasteiger partial charge < -0.3 is 11.1 Å². The van der Waals surface area contributed by atoms with Crippen LogP contribution in [0.5, 0.6) is 0 Å². The maximum Gasteiger partial charge on any atom is 0.234 e. The van der Waals surface area contributed by atoms with Crippen LogP contribution in [0.2, 0.25) is 0 Å². The van der Waals surface area contributed by atoms with Gasteiger partial charge in [-0.2, -0.15) is 11.8 Å². The van der Waals surface area contributed by atoms with E-state index < -0.39 is 0 Å². The van der Waals surface area contributed by atoms with Gasteiger partial charge in [0.15, 0.2) is 0 Å². The van der Waals surface area contributed by atoms with E-state index in [1.54, 1.807) is 12.1 Å². The number of pyridine rings is 1. The summed E-state index contributed by atoms with van der Waals surface area (Å²) < 4.78 is 0. The van der Waals surface area contributed by atoms with Crippen LogP contribution in [0.1, 0.15) is 0 Å². The van der Waals surface area contributed by atoms with Crippen LogP contribution in [0.4, 0.5) is 11.5 Å². The second-order valence-corrected chi connectivity index (χ2v) is 3.32. The van der Waals surface area contributed by atoms with E-state index >= 15 is 0 Å². The van der Waals surface area contributed by atoms with Crippen LogP contribution in [0.15, 0.2) is 18.3 Å². The molecule has 1 amide bonds. The number of carbonyl (C=O) groups is 1. The van der Waals surface area contributed by atoms with E-state index in [4.69, 9.17) is 5.73 Å². The molecule has 0 aliphatic carbocycles. The summed E-state index contributed by atoms with van der Waals surface area (Å²) >= 11 is 1.47. The van der Waals surface area contributed by atoms with Crippen LogP contribution in [-0.2, 0) is 4.79 Å². The molecule has 0 fully saturated rings. The van der Waals surface area contributed by atoms with Gasteiger partial charge in [-0.1, -0.05) is 0 Å². The van der Waals surface area contributed by atoms with Crippen molar-refractivity contribution >= 4 is 29.2 Å². The number of hydrogen-bond donors (Lipinski definition) is 2. The summed E-state index contributed by atoms with van der Waals surface area (Å²) in [7, 11) is 0. The summed E-state index contributed by atoms with van der Waals surface area (Å²) in [5, 5.41) is 2.69. The average molecular weight is 197 g/mol. The van der Waals surface area contributed by atoms with Crippen molar-refractivity contribution in [3.05, 3.63) is 18.3 Å². The molecule has 0 aliphatic rings. The Labute approximate surface area is 80.9 Å². The Kier molecular flexibility index (Phi) is 3.57. The maximum absolute atomic E-state index is 11.1. The first-order valence-corrected chi connectivity index (χ1v) is 5.12. The van der Waals surface area contributed by atoms with Gasteiger partial charge in [0.2, 0.25) is 5.91 Å². The molecule has 0 unspecified atom stereocenters. The molecular weight excluding hydrogens is 186 g/mol. The summed E-state index contributed by atoms with van der Waals surface area (Å²) in [5.74, 6) is 0.867. The molecule has 0 aliphatic heterocycles. The fraction of sp³-hybridized carbons (Fsp3) is 0.250. The zero-order chi connectivity index (χ0) is 9.68. The highest BCUT2D eigenvalue weighted by Crippen LogP contribution is 2.07. The van der Waals surface area contributed by atoms with Gasteiger partial charge in [-0.3, -0.25) is 4.79 Å². The van der Waals surface area contributed by atoms with Gasteiger partial charge in [0.25, 0.3) is 0 Å². The Morgan fingerprint density at radius 1 is 1.69 bits per heavy atom. The summed E-state index contributed by atoms with van der Waals surface area (Å²) in [6.45, 7) is 0. The first-order valence-electron chi connectivity index (χ1n) is 3.72. The number of nitrogens with zero attached hydrogens (tertiary/aromatic N) is 1. The first-order chi connectivity index (χ1) is 6.22. The Bertz CT molecular complexity index is 286. The Morgan fingerprint density at radius 3 is 3.00 bits per heavy atom. The smallest absolute Gasteiger partial charge is 0.234 e. The van der Waals surface area contributed by atoms with Gasteiger partial charge in [-0.15, -0.1) is 0 Å². The zero-order valence-corrected chi connectivity index (χ0v) is 8.10. The van der Waals surface area contributed by atoms with Gasteiger partial charge >= 0.3 is 0 Å². The molecule has 3 N–H and O–H groups in total. The molecule has 70 valence electrons. The number of aromatic nitrogens is 1. The second-order valence-electron chi connectivity index (χ2n) is 2.45. The number of nitrogens with one attached hydrogen (secondary N) is 1. The van der Waals surface area contributed by atoms with Crippen molar-refractivity contribution in [3.8, 4) is 0 Å². The van der Waals surface area contributed by atoms with E-state index in [0.717, 1.165) is 0 Å². The zero-order valence-electron chi connectivity index (χ0n) is 7.28. The molecule has 0 bridgehead atoms. The van der Waals surface area contributed by atoms with Crippen LogP contribution in [0.3, 0.4) is 0 Å². The number of rotatable bonds is 3. The molecule has 1 aromatic rings. The van der Waals surface area contributed by atoms with Crippen LogP contribution in [0, 0.1) is 0 Å². The summed E-state index contributed by atoms with van der Waals surface area (Å²) in [6.07, 6.45) is 3.41. The molecular formula is C8H11N3OS. The van der Waals surface area contributed by atoms with Crippen molar-refractivity contribution in [2.24, 2.45) is 0 Å². The molecule has 1 rings (SSSR count). The molecule has 4 nitrogen and oxygen atoms in total. The van der Waals surface area contributed by atoms with E-state index in [2.05, 4.69) is 10.3 Å². The van der Waals surface area contributed by atoms with Crippen LogP contribution < -0.4 is 11.1 Å². The minimum atomic E-state index is -0.0286. The number of amides is 1. The van der Waals surface area contributed by atoms with Crippen LogP contribution >= 0.6 is 11.8 Å². The summed E-state index contributed by atoms with van der Waals surface area (Å²) in [4.78, 5) is 15.0. The molecule has 5 heteroatoms. The lowest BCUT2D eigenvalue weighted by molar-refractivity contribution is -0.113. The van der Waals surface area contributed by atoms with E-state index in [9.17, 15) is 4.79 Å². The molecule has 0 saturated heterocycles. The van der Waals surface area contributed by atoms with Crippen molar-refractivity contribution in [1.82, 2.24) is 4.98 Å². The fourth-order valence-corrected chi connectivity index (χ4v) is 1.14. The maximum atomic E-state index is 11.1. The van der Waals surface area contributed by atoms with Crippen LogP contribution in [0.25, 0.3) is 0 Å². The Balaban J connectivity index is 2.54. The predicted molar refractivity (Wildman–Crippen MR) is 55.7 cm³/mol. The monoisotopic (exact) mass is 197 g/mol. The third-order valence-electron chi connectivity index (χ3n) is 1.35. The van der Waals surface area contributed by atoms with Gasteiger partial charge in [0.05, 0.1) is 17.6 Å². The van der Waals surface area contributed by atoms with Crippen LogP contribution in [-0.4, -0.2) is 22.9 Å². The topological polar surface area (TPSA) is 68.0 Å². The van der Waals surface area contributed by atoms with Crippen molar-refractivity contribution in [2.45, 2.75) is 0 Å². The predicted octanol–water partition coefficient (Wildman–Crippen LogP) is 0.965. The number of carbonyl (C=O) groups excluding carboxylic acids is 1. The average Bonchev–Trinajstić information content (AvgIpc) is 2.09. The summed E-state index contributed by atoms with van der Waals surface area (Å²) in [5.41, 5.74) is 6.06. The van der Waals surface area contributed by atoms with Gasteiger partial charge in [-0.25, -0.2) is 4.98 Å². The van der Waals surface area contributed by atoms with Crippen molar-refractivity contribution in [1.29, 1.82) is 0 Å². The normalized spacial score (nSPS) is 9.62. The van der Waals surface area contributed by atoms with Crippen molar-refractivity contribution in [3.63, 3.8) is 0 Å². The van der Waals surface area contributed by atoms with Gasteiger partial charge in [-0.05, 0) is 18.4 Å². The lowest BCUT2D eigenvalue weighted by Crippen LogP contribution is -2.13. The SMILES string of the molecule is CSCC(=O)Nc1ccc(N)nc1. The minimum Gasteiger partial charge on any atom is -0.384 e. The quantitative estimate of drug-likeness (QED) is 0.757. The molecule has 0 radical (unpaired) electrons. The number of hydrogen-bond acceptors (Lipinski definition) is 4. The number of anilines is 2. The summed E-state index contributed by atoms with van der Waals surface area (Å²) in [6, 6.07) is 3.37. The number of thioether (sulfide) groups is 1. The standard InChI is InChI=1S/C8H11N3OS/c1-13-5-8(12)11-6-2-3-7(9)10-4-6/h2-4H,5H2,1H3,(H2,9,10)(H,11,12). The first kappa shape index (κ1) is 9.85. The highest BCUT2D eigenvalue weighted by Gasteiger charge is 2.00. The molecule has 1 aromatic heterocycles. The highest BCUT2D eigenvalue weighted by molar-refractivity contribution is 7.99. The largest absolute Gasteiger partial charge is 0.384 e. The van der Waals surface area contributed by atoms with E-state index in [0.29, 0.717) is 17.3 Å². The Hall–Kier alpha value is -1.23. The van der Waals surface area contributed by atoms with E-state index in [1.807, 2.05) is 6.26 Å². The van der Waals surface area contributed by atoms with Gasteiger partial charge in [0.1, 0.15) is 5.82 Å². The van der Waals surface area contributed by atoms with Crippen molar-refractivity contribution in [2.75, 3.05) is 23.1 Å². The fourth-order valence-electron chi connectivity index (χ4n) is 0.807. The lowest BCUT2D eigenvalue weighted by atomic mass is 10.4. The third kappa shape index (κ3) is 3.33. The Morgan fingerprint density at radius 2 is 2.46 bits per heavy atom. The van der Waals surface area contributed by atoms with E-state index in [-0.39, 0.29) is 5.91 Å². The van der Waals surface area contributed by atoms with E-state index in [1.165, 1.54) is 18.0 Å². The third-order valence-corrected chi connectivity index (χ3v) is 1.90. The van der Waals surface area contributed by atoms with Gasteiger partial charge in [0, 0.05) is 0 Å². The second kappa shape index (κ2) is 4.71. The molecule has 0 spiro atoms. The minimum absolute atomic E-state index is 0.0286. The molecule has 13 heavy (non-hydrogen) atoms. The highest BCUT2D eigenvalue weighted by atomic mass is 32.2. The van der Waals surface area contributed by atoms with Crippen molar-refractivity contribution < 1.29 is 4.79 Å². The lowest BCUT2D eigenvalue weighted by Gasteiger charge is -2.02. The number of nitrogens with two attached hydrogens (primary N) is 1. The molecule has 1 heterocycles. The molecule has 0 atom stereocenters. The number of nitrogen functional groups attached to an aromatic ring is 1.